The fourth-order valence-electron chi connectivity index (χ4n) is 4.07. The predicted molar refractivity (Wildman–Crippen MR) is 69.9 cm³/mol. The minimum atomic E-state index is -0.817. The zero-order valence-electron chi connectivity index (χ0n) is 12.2. The Morgan fingerprint density at radius 2 is 2.24 bits per heavy atom. The number of rotatable bonds is 4. The molecule has 5 aliphatic rings. The van der Waals surface area contributed by atoms with Crippen molar-refractivity contribution in [1.82, 2.24) is 0 Å². The first-order chi connectivity index (χ1) is 9.98. The van der Waals surface area contributed by atoms with Crippen LogP contribution in [0.15, 0.2) is 12.2 Å². The molecule has 1 saturated carbocycles. The lowest BCUT2D eigenvalue weighted by Crippen LogP contribution is -2.65. The van der Waals surface area contributed by atoms with Crippen LogP contribution in [0.5, 0.6) is 0 Å². The highest BCUT2D eigenvalue weighted by Crippen LogP contribution is 2.65. The molecule has 6 nitrogen and oxygen atoms in total. The fourth-order valence-corrected chi connectivity index (χ4v) is 4.07. The van der Waals surface area contributed by atoms with Gasteiger partial charge in [0.15, 0.2) is 6.29 Å². The minimum absolute atomic E-state index is 0.00912. The molecule has 0 aromatic heterocycles. The van der Waals surface area contributed by atoms with Crippen LogP contribution in [0.4, 0.5) is 0 Å². The minimum Gasteiger partial charge on any atom is -0.435 e. The third-order valence-electron chi connectivity index (χ3n) is 4.99. The number of hydrogen-bond donors (Lipinski definition) is 1. The maximum absolute atomic E-state index is 11.9. The molecule has 0 unspecified atom stereocenters. The Morgan fingerprint density at radius 3 is 2.90 bits per heavy atom. The van der Waals surface area contributed by atoms with E-state index < -0.39 is 18.2 Å². The molecule has 5 rings (SSSR count). The largest absolute Gasteiger partial charge is 0.435 e. The molecule has 4 saturated heterocycles. The molecule has 0 aromatic carbocycles. The molecule has 4 bridgehead atoms. The second-order valence-corrected chi connectivity index (χ2v) is 6.80. The van der Waals surface area contributed by atoms with Gasteiger partial charge in [-0.1, -0.05) is 20.4 Å². The van der Waals surface area contributed by atoms with Crippen molar-refractivity contribution in [3.63, 3.8) is 0 Å². The van der Waals surface area contributed by atoms with Gasteiger partial charge in [-0.15, -0.1) is 0 Å². The lowest BCUT2D eigenvalue weighted by molar-refractivity contribution is -0.377. The van der Waals surface area contributed by atoms with Gasteiger partial charge < -0.3 is 24.1 Å². The van der Waals surface area contributed by atoms with Gasteiger partial charge in [0, 0.05) is 12.3 Å². The van der Waals surface area contributed by atoms with Crippen molar-refractivity contribution in [2.75, 3.05) is 6.61 Å². The van der Waals surface area contributed by atoms with Crippen LogP contribution < -0.4 is 0 Å². The lowest BCUT2D eigenvalue weighted by Gasteiger charge is -2.53. The predicted octanol–water partition coefficient (Wildman–Crippen LogP) is 0.589. The van der Waals surface area contributed by atoms with E-state index in [4.69, 9.17) is 18.9 Å². The molecule has 1 N–H and O–H groups in total. The Kier molecular flexibility index (Phi) is 2.80. The fraction of sp³-hybridized carbons (Fsp3) is 0.800. The standard InChI is InChI=1S/C15H20O6/c1-6(2)4-8(17)18-14-10-9-7(3)13(20-14)21-15(10,5-16)12-11(9)19-12/h6,9-14,16H,3-5H2,1-2H3/t9-,10-,11+,12+,13+,14-,15+/m1/s1. The summed E-state index contributed by atoms with van der Waals surface area (Å²) in [5, 5.41) is 9.84. The van der Waals surface area contributed by atoms with Crippen LogP contribution in [0.3, 0.4) is 0 Å². The van der Waals surface area contributed by atoms with E-state index in [-0.39, 0.29) is 42.5 Å². The van der Waals surface area contributed by atoms with E-state index in [9.17, 15) is 9.90 Å². The highest BCUT2D eigenvalue weighted by Gasteiger charge is 2.79. The molecule has 116 valence electrons. The summed E-state index contributed by atoms with van der Waals surface area (Å²) in [6.07, 6.45) is -1.10. The van der Waals surface area contributed by atoms with Crippen LogP contribution >= 0.6 is 0 Å². The molecule has 0 radical (unpaired) electrons. The summed E-state index contributed by atoms with van der Waals surface area (Å²) < 4.78 is 22.7. The van der Waals surface area contributed by atoms with E-state index in [1.807, 2.05) is 13.8 Å². The van der Waals surface area contributed by atoms with Gasteiger partial charge in [0.05, 0.1) is 18.6 Å². The SMILES string of the molecule is C=C1[C@H]2O[C@@H](OC(=O)CC(C)C)[C@H]3[C@@H]1[C@@H]1O[C@@H]1[C@@]3(CO)O2. The average Bonchev–Trinajstić information content (AvgIpc) is 3.15. The first kappa shape index (κ1) is 13.7. The first-order valence-corrected chi connectivity index (χ1v) is 7.45. The van der Waals surface area contributed by atoms with E-state index >= 15 is 0 Å². The topological polar surface area (TPSA) is 77.5 Å². The molecule has 7 atom stereocenters. The molecule has 0 spiro atoms. The first-order valence-electron chi connectivity index (χ1n) is 7.45. The Hall–Kier alpha value is -0.950. The smallest absolute Gasteiger partial charge is 0.308 e. The van der Waals surface area contributed by atoms with Crippen molar-refractivity contribution in [3.8, 4) is 0 Å². The Labute approximate surface area is 123 Å². The molecule has 0 aromatic rings. The zero-order chi connectivity index (χ0) is 14.9. The monoisotopic (exact) mass is 296 g/mol. The van der Waals surface area contributed by atoms with E-state index in [1.54, 1.807) is 0 Å². The van der Waals surface area contributed by atoms with Crippen LogP contribution in [-0.4, -0.2) is 48.1 Å². The van der Waals surface area contributed by atoms with Gasteiger partial charge in [-0.25, -0.2) is 0 Å². The number of carbonyl (C=O) groups is 1. The Morgan fingerprint density at radius 1 is 1.48 bits per heavy atom. The quantitative estimate of drug-likeness (QED) is 0.465. The summed E-state index contributed by atoms with van der Waals surface area (Å²) >= 11 is 0. The number of epoxide rings is 1. The van der Waals surface area contributed by atoms with Gasteiger partial charge in [-0.3, -0.25) is 4.79 Å². The van der Waals surface area contributed by atoms with Crippen LogP contribution in [0.1, 0.15) is 20.3 Å². The van der Waals surface area contributed by atoms with Crippen molar-refractivity contribution in [2.45, 2.75) is 50.7 Å². The molecule has 6 heteroatoms. The average molecular weight is 296 g/mol. The molecule has 4 heterocycles. The number of carbonyl (C=O) groups excluding carboxylic acids is 1. The second kappa shape index (κ2) is 4.29. The lowest BCUT2D eigenvalue weighted by atomic mass is 9.76. The Bertz CT molecular complexity index is 502. The Balaban J connectivity index is 1.59. The van der Waals surface area contributed by atoms with Crippen LogP contribution in [-0.2, 0) is 23.7 Å². The maximum atomic E-state index is 11.9. The van der Waals surface area contributed by atoms with Gasteiger partial charge in [-0.2, -0.15) is 0 Å². The summed E-state index contributed by atoms with van der Waals surface area (Å²) in [7, 11) is 0. The number of fused-ring (bicyclic) bond motifs is 2. The third kappa shape index (κ3) is 1.70. The van der Waals surface area contributed by atoms with Crippen molar-refractivity contribution in [3.05, 3.63) is 12.2 Å². The van der Waals surface area contributed by atoms with E-state index in [2.05, 4.69) is 6.58 Å². The number of aliphatic hydroxyl groups excluding tert-OH is 1. The van der Waals surface area contributed by atoms with E-state index in [0.717, 1.165) is 5.57 Å². The van der Waals surface area contributed by atoms with Gasteiger partial charge in [-0.05, 0) is 11.5 Å². The molecular weight excluding hydrogens is 276 g/mol. The van der Waals surface area contributed by atoms with Crippen LogP contribution in [0.25, 0.3) is 0 Å². The molecule has 4 aliphatic heterocycles. The van der Waals surface area contributed by atoms with Gasteiger partial charge >= 0.3 is 5.97 Å². The van der Waals surface area contributed by atoms with E-state index in [0.29, 0.717) is 6.42 Å². The number of esters is 1. The molecular formula is C15H20O6. The summed E-state index contributed by atoms with van der Waals surface area (Å²) in [6, 6.07) is 0. The molecule has 0 amide bonds. The zero-order valence-corrected chi connectivity index (χ0v) is 12.2. The van der Waals surface area contributed by atoms with Gasteiger partial charge in [0.25, 0.3) is 0 Å². The van der Waals surface area contributed by atoms with Crippen molar-refractivity contribution in [1.29, 1.82) is 0 Å². The number of hydrogen-bond acceptors (Lipinski definition) is 6. The van der Waals surface area contributed by atoms with Crippen LogP contribution in [0, 0.1) is 17.8 Å². The van der Waals surface area contributed by atoms with Crippen LogP contribution in [0.2, 0.25) is 0 Å². The van der Waals surface area contributed by atoms with Crippen molar-refractivity contribution >= 4 is 5.97 Å². The van der Waals surface area contributed by atoms with E-state index in [1.165, 1.54) is 0 Å². The van der Waals surface area contributed by atoms with Gasteiger partial charge in [0.2, 0.25) is 6.29 Å². The number of ether oxygens (including phenoxy) is 4. The highest BCUT2D eigenvalue weighted by atomic mass is 16.8. The third-order valence-corrected chi connectivity index (χ3v) is 4.99. The summed E-state index contributed by atoms with van der Waals surface area (Å²) in [4.78, 5) is 11.9. The summed E-state index contributed by atoms with van der Waals surface area (Å²) in [5.74, 6) is -0.258. The molecule has 21 heavy (non-hydrogen) atoms. The summed E-state index contributed by atoms with van der Waals surface area (Å²) in [5.41, 5.74) is 0.00705. The van der Waals surface area contributed by atoms with Gasteiger partial charge in [0.1, 0.15) is 11.7 Å². The molecule has 5 fully saturated rings. The second-order valence-electron chi connectivity index (χ2n) is 6.80. The molecule has 1 aliphatic carbocycles. The number of aliphatic hydroxyl groups is 1. The summed E-state index contributed by atoms with van der Waals surface area (Å²) in [6.45, 7) is 7.78. The van der Waals surface area contributed by atoms with Crippen molar-refractivity contribution in [2.24, 2.45) is 17.8 Å². The normalized spacial score (nSPS) is 49.4. The maximum Gasteiger partial charge on any atom is 0.308 e. The van der Waals surface area contributed by atoms with Crippen molar-refractivity contribution < 1.29 is 28.8 Å². The highest BCUT2D eigenvalue weighted by molar-refractivity contribution is 5.69.